The number of hydrogen-bond acceptors (Lipinski definition) is 15. The van der Waals surface area contributed by atoms with E-state index in [1.807, 2.05) is 60.7 Å². The van der Waals surface area contributed by atoms with Crippen LogP contribution in [-0.2, 0) is 28.7 Å². The first-order valence-corrected chi connectivity index (χ1v) is 18.2. The second kappa shape index (κ2) is 15.2. The van der Waals surface area contributed by atoms with Crippen molar-refractivity contribution in [2.24, 2.45) is 5.84 Å². The molecule has 4 amide bonds. The lowest BCUT2D eigenvalue weighted by atomic mass is 10.0. The molecule has 1 saturated heterocycles. The van der Waals surface area contributed by atoms with Gasteiger partial charge in [-0.25, -0.2) is 15.6 Å². The zero-order valence-corrected chi connectivity index (χ0v) is 28.4. The fraction of sp³-hybridized carbons (Fsp3) is 0.200. The number of fused-ring (bicyclic) bond motifs is 1. The Labute approximate surface area is 295 Å². The van der Waals surface area contributed by atoms with Crippen molar-refractivity contribution in [3.63, 3.8) is 0 Å². The summed E-state index contributed by atoms with van der Waals surface area (Å²) in [6, 6.07) is 16.0. The van der Waals surface area contributed by atoms with E-state index in [0.717, 1.165) is 22.5 Å². The number of carbonyl (C=O) groups is 5. The van der Waals surface area contributed by atoms with Crippen LogP contribution in [0.15, 0.2) is 87.2 Å². The van der Waals surface area contributed by atoms with E-state index < -0.39 is 53.2 Å². The summed E-state index contributed by atoms with van der Waals surface area (Å²) in [7, 11) is 0. The van der Waals surface area contributed by atoms with E-state index in [0.29, 0.717) is 21.4 Å². The highest BCUT2D eigenvalue weighted by Gasteiger charge is 2.55. The van der Waals surface area contributed by atoms with Crippen molar-refractivity contribution in [3.8, 4) is 0 Å². The monoisotopic (exact) mass is 737 g/mol. The quantitative estimate of drug-likeness (QED) is 0.0280. The predicted octanol–water partition coefficient (Wildman–Crippen LogP) is 1.50. The highest BCUT2D eigenvalue weighted by molar-refractivity contribution is 8.01. The van der Waals surface area contributed by atoms with E-state index in [4.69, 9.17) is 16.3 Å². The lowest BCUT2D eigenvalue weighted by molar-refractivity contribution is -0.155. The topological polar surface area (TPSA) is 225 Å². The fourth-order valence-electron chi connectivity index (χ4n) is 5.11. The van der Waals surface area contributed by atoms with Gasteiger partial charge in [-0.2, -0.15) is 0 Å². The van der Waals surface area contributed by atoms with Crippen LogP contribution < -0.4 is 27.6 Å². The number of carbonyl (C=O) groups excluding carboxylic acids is 5. The summed E-state index contributed by atoms with van der Waals surface area (Å²) < 4.78 is 6.88. The van der Waals surface area contributed by atoms with Crippen molar-refractivity contribution in [1.29, 1.82) is 0 Å². The molecule has 0 bridgehead atoms. The molecule has 0 aliphatic carbocycles. The van der Waals surface area contributed by atoms with Crippen molar-refractivity contribution in [2.45, 2.75) is 27.9 Å². The minimum absolute atomic E-state index is 0.0612. The van der Waals surface area contributed by atoms with Gasteiger partial charge in [-0.05, 0) is 16.7 Å². The smallest absolute Gasteiger partial charge is 0.356 e. The van der Waals surface area contributed by atoms with Gasteiger partial charge >= 0.3 is 17.8 Å². The Kier molecular flexibility index (Phi) is 10.5. The SMILES string of the molecule is NNC(=O)C(=O)NC(C(=O)NC1C(=O)N2C(C(=O)OC(c3ccccc3)c3ccccc3)=C(CSc3nncs3)CSC12)c1csc(N)n1. The van der Waals surface area contributed by atoms with E-state index >= 15 is 0 Å². The third kappa shape index (κ3) is 7.44. The standard InChI is InChI=1S/C30H27N9O6S4/c31-29-34-18(13-47-29)19(35-24(41)25(42)37-32)23(40)36-20-26(43)39-21(17(11-46-27(20)39)12-48-30-38-33-14-49-30)28(44)45-22(15-7-3-1-4-8-15)16-9-5-2-6-10-16/h1-10,13-14,19-20,22,27H,11-12,32H2,(H2,31,34)(H,35,41)(H,36,40)(H,37,42). The average Bonchev–Trinajstić information content (AvgIpc) is 3.82. The number of nitrogen functional groups attached to an aromatic ring is 1. The summed E-state index contributed by atoms with van der Waals surface area (Å²) in [6.07, 6.45) is -0.764. The summed E-state index contributed by atoms with van der Waals surface area (Å²) in [5.74, 6) is 1.28. The number of ether oxygens (including phenoxy) is 1. The highest BCUT2D eigenvalue weighted by Crippen LogP contribution is 2.43. The number of hydrogen-bond donors (Lipinski definition) is 5. The van der Waals surface area contributed by atoms with E-state index in [-0.39, 0.29) is 16.5 Å². The zero-order chi connectivity index (χ0) is 34.5. The van der Waals surface area contributed by atoms with Gasteiger partial charge in [0.25, 0.3) is 5.91 Å². The Balaban J connectivity index is 1.27. The van der Waals surface area contributed by atoms with Gasteiger partial charge in [0.2, 0.25) is 5.91 Å². The van der Waals surface area contributed by atoms with Crippen LogP contribution in [0, 0.1) is 0 Å². The minimum atomic E-state index is -1.47. The Morgan fingerprint density at radius 3 is 2.31 bits per heavy atom. The van der Waals surface area contributed by atoms with Crippen LogP contribution in [0.3, 0.4) is 0 Å². The summed E-state index contributed by atoms with van der Waals surface area (Å²) >= 11 is 5.11. The molecule has 4 heterocycles. The largest absolute Gasteiger partial charge is 0.448 e. The minimum Gasteiger partial charge on any atom is -0.448 e. The van der Waals surface area contributed by atoms with Crippen molar-refractivity contribution in [3.05, 3.63) is 99.6 Å². The Morgan fingerprint density at radius 1 is 1.02 bits per heavy atom. The maximum Gasteiger partial charge on any atom is 0.356 e. The van der Waals surface area contributed by atoms with Gasteiger partial charge in [-0.15, -0.1) is 33.3 Å². The van der Waals surface area contributed by atoms with Crippen molar-refractivity contribution >= 4 is 80.9 Å². The molecule has 3 atom stereocenters. The van der Waals surface area contributed by atoms with Crippen LogP contribution >= 0.6 is 46.2 Å². The summed E-state index contributed by atoms with van der Waals surface area (Å²) in [6.45, 7) is 0. The lowest BCUT2D eigenvalue weighted by Crippen LogP contribution is -2.71. The molecule has 15 nitrogen and oxygen atoms in total. The number of β-lactam (4-membered cyclic amide) rings is 1. The number of hydrazine groups is 1. The molecule has 0 spiro atoms. The molecule has 7 N–H and O–H groups in total. The lowest BCUT2D eigenvalue weighted by Gasteiger charge is -2.50. The average molecular weight is 738 g/mol. The van der Waals surface area contributed by atoms with Gasteiger partial charge in [0.15, 0.2) is 21.6 Å². The number of thioether (sulfide) groups is 2. The van der Waals surface area contributed by atoms with Crippen molar-refractivity contribution in [2.75, 3.05) is 17.2 Å². The van der Waals surface area contributed by atoms with E-state index in [9.17, 15) is 24.0 Å². The number of nitrogens with one attached hydrogen (secondary N) is 3. The Morgan fingerprint density at radius 2 is 1.71 bits per heavy atom. The molecular formula is C30H27N9O6S4. The first-order chi connectivity index (χ1) is 23.7. The van der Waals surface area contributed by atoms with Gasteiger partial charge in [0.1, 0.15) is 22.6 Å². The van der Waals surface area contributed by atoms with Crippen LogP contribution in [0.1, 0.15) is 29.0 Å². The number of rotatable bonds is 11. The molecule has 2 aromatic heterocycles. The molecule has 3 unspecified atom stereocenters. The molecule has 2 aromatic carbocycles. The molecule has 49 heavy (non-hydrogen) atoms. The second-order valence-corrected chi connectivity index (χ2v) is 14.5. The third-order valence-corrected chi connectivity index (χ3v) is 11.4. The Hall–Kier alpha value is -4.82. The number of esters is 1. The summed E-state index contributed by atoms with van der Waals surface area (Å²) in [4.78, 5) is 71.1. The van der Waals surface area contributed by atoms with Crippen LogP contribution in [0.2, 0.25) is 0 Å². The third-order valence-electron chi connectivity index (χ3n) is 7.39. The summed E-state index contributed by atoms with van der Waals surface area (Å²) in [5, 5.41) is 13.8. The number of amides is 4. The maximum absolute atomic E-state index is 14.2. The van der Waals surface area contributed by atoms with Crippen LogP contribution in [0.4, 0.5) is 5.13 Å². The number of thiazole rings is 1. The number of nitrogens with zero attached hydrogens (tertiary/aromatic N) is 4. The molecule has 0 saturated carbocycles. The number of benzene rings is 2. The number of nitrogens with two attached hydrogens (primary N) is 2. The highest BCUT2D eigenvalue weighted by atomic mass is 32.2. The maximum atomic E-state index is 14.2. The normalized spacial score (nSPS) is 17.5. The van der Waals surface area contributed by atoms with Gasteiger partial charge in [-0.3, -0.25) is 29.5 Å². The van der Waals surface area contributed by atoms with Crippen LogP contribution in [0.5, 0.6) is 0 Å². The molecule has 1 fully saturated rings. The van der Waals surface area contributed by atoms with Gasteiger partial charge < -0.3 is 21.1 Å². The zero-order valence-electron chi connectivity index (χ0n) is 25.2. The van der Waals surface area contributed by atoms with E-state index in [1.165, 1.54) is 45.1 Å². The molecular weight excluding hydrogens is 711 g/mol. The first kappa shape index (κ1) is 34.1. The Bertz CT molecular complexity index is 1850. The van der Waals surface area contributed by atoms with Crippen LogP contribution in [0.25, 0.3) is 0 Å². The summed E-state index contributed by atoms with van der Waals surface area (Å²) in [5.41, 5.74) is 11.3. The number of anilines is 1. The molecule has 0 radical (unpaired) electrons. The molecule has 252 valence electrons. The molecule has 19 heteroatoms. The molecule has 2 aliphatic heterocycles. The van der Waals surface area contributed by atoms with E-state index in [2.05, 4.69) is 25.8 Å². The molecule has 6 rings (SSSR count). The van der Waals surface area contributed by atoms with Crippen molar-refractivity contribution < 1.29 is 28.7 Å². The first-order valence-electron chi connectivity index (χ1n) is 14.4. The van der Waals surface area contributed by atoms with Crippen molar-refractivity contribution in [1.82, 2.24) is 36.1 Å². The second-order valence-electron chi connectivity index (χ2n) is 10.4. The number of aromatic nitrogens is 3. The van der Waals surface area contributed by atoms with Crippen LogP contribution in [-0.4, -0.2) is 72.6 Å². The molecule has 2 aliphatic rings. The van der Waals surface area contributed by atoms with Gasteiger partial charge in [0, 0.05) is 16.9 Å². The van der Waals surface area contributed by atoms with Gasteiger partial charge in [-0.1, -0.05) is 83.8 Å². The fourth-order valence-corrected chi connectivity index (χ4v) is 8.67. The predicted molar refractivity (Wildman–Crippen MR) is 183 cm³/mol. The van der Waals surface area contributed by atoms with Gasteiger partial charge in [0.05, 0.1) is 5.69 Å². The van der Waals surface area contributed by atoms with E-state index in [1.54, 1.807) is 10.9 Å². The molecule has 4 aromatic rings.